The second kappa shape index (κ2) is 11.0. The lowest BCUT2D eigenvalue weighted by Crippen LogP contribution is -2.32. The van der Waals surface area contributed by atoms with Crippen molar-refractivity contribution in [1.29, 1.82) is 0 Å². The number of rotatable bonds is 1. The molecule has 0 aromatic heterocycles. The quantitative estimate of drug-likeness (QED) is 0.619. The average Bonchev–Trinajstić information content (AvgIpc) is 2.24. The molecule has 1 heteroatoms. The Balaban J connectivity index is 0. The maximum absolute atomic E-state index is 2.43. The number of piperidine rings is 1. The van der Waals surface area contributed by atoms with E-state index in [-0.39, 0.29) is 0 Å². The van der Waals surface area contributed by atoms with Crippen molar-refractivity contribution in [2.75, 3.05) is 20.1 Å². The van der Waals surface area contributed by atoms with Gasteiger partial charge >= 0.3 is 0 Å². The summed E-state index contributed by atoms with van der Waals surface area (Å²) in [5, 5.41) is 0. The molecule has 1 fully saturated rings. The average molecular weight is 201 g/mol. The minimum Gasteiger partial charge on any atom is -0.306 e. The van der Waals surface area contributed by atoms with Crippen molar-refractivity contribution >= 4 is 0 Å². The summed E-state index contributed by atoms with van der Waals surface area (Å²) in [6, 6.07) is 0. The van der Waals surface area contributed by atoms with E-state index >= 15 is 0 Å². The van der Waals surface area contributed by atoms with Crippen molar-refractivity contribution in [1.82, 2.24) is 4.90 Å². The predicted molar refractivity (Wildman–Crippen MR) is 67.8 cm³/mol. The largest absolute Gasteiger partial charge is 0.306 e. The first-order chi connectivity index (χ1) is 6.70. The minimum absolute atomic E-state index is 0.897. The van der Waals surface area contributed by atoms with Gasteiger partial charge in [-0.3, -0.25) is 0 Å². The predicted octanol–water partition coefficient (Wildman–Crippen LogP) is 4.04. The molecule has 0 unspecified atom stereocenters. The molecule has 0 spiro atoms. The van der Waals surface area contributed by atoms with E-state index in [0.717, 1.165) is 11.8 Å². The van der Waals surface area contributed by atoms with E-state index < -0.39 is 0 Å². The molecule has 1 rings (SSSR count). The Labute approximate surface area is 91.9 Å². The van der Waals surface area contributed by atoms with E-state index in [0.29, 0.717) is 0 Å². The second-order valence-electron chi connectivity index (χ2n) is 3.88. The zero-order chi connectivity index (χ0) is 11.6. The summed E-state index contributed by atoms with van der Waals surface area (Å²) in [5.41, 5.74) is 0. The van der Waals surface area contributed by atoms with Gasteiger partial charge in [-0.2, -0.15) is 0 Å². The Morgan fingerprint density at radius 3 is 1.57 bits per heavy atom. The van der Waals surface area contributed by atoms with Crippen LogP contribution in [0.1, 0.15) is 54.4 Å². The molecular formula is C13H31N. The lowest BCUT2D eigenvalue weighted by Gasteiger charge is -2.31. The maximum atomic E-state index is 2.43. The summed E-state index contributed by atoms with van der Waals surface area (Å²) < 4.78 is 0. The number of likely N-dealkylation sites (tertiary alicyclic amines) is 1. The summed E-state index contributed by atoms with van der Waals surface area (Å²) in [5.74, 6) is 1.89. The summed E-state index contributed by atoms with van der Waals surface area (Å²) >= 11 is 0. The Bertz CT molecular complexity index is 91.4. The Hall–Kier alpha value is -0.0400. The Kier molecular flexibility index (Phi) is 12.9. The third kappa shape index (κ3) is 7.37. The fourth-order valence-electron chi connectivity index (χ4n) is 1.70. The molecule has 0 N–H and O–H groups in total. The number of nitrogens with zero attached hydrogens (tertiary/aromatic N) is 1. The molecule has 1 aliphatic heterocycles. The minimum atomic E-state index is 0.897. The van der Waals surface area contributed by atoms with E-state index in [4.69, 9.17) is 0 Å². The standard InChI is InChI=1S/C9H19N.2C2H6/c1-8(2)9-4-6-10(3)7-5-9;2*1-2/h8-9H,4-7H2,1-3H3;2*1-2H3. The Morgan fingerprint density at radius 1 is 0.929 bits per heavy atom. The summed E-state index contributed by atoms with van der Waals surface area (Å²) in [4.78, 5) is 2.43. The van der Waals surface area contributed by atoms with Crippen LogP contribution in [0.4, 0.5) is 0 Å². The third-order valence-corrected chi connectivity index (χ3v) is 2.71. The van der Waals surface area contributed by atoms with Gasteiger partial charge in [0, 0.05) is 0 Å². The van der Waals surface area contributed by atoms with E-state index in [2.05, 4.69) is 25.8 Å². The van der Waals surface area contributed by atoms with Crippen LogP contribution in [-0.4, -0.2) is 25.0 Å². The van der Waals surface area contributed by atoms with Gasteiger partial charge in [-0.25, -0.2) is 0 Å². The van der Waals surface area contributed by atoms with Crippen molar-refractivity contribution < 1.29 is 0 Å². The molecule has 1 saturated heterocycles. The summed E-state index contributed by atoms with van der Waals surface area (Å²) in [6.07, 6.45) is 2.82. The highest BCUT2D eigenvalue weighted by atomic mass is 15.1. The van der Waals surface area contributed by atoms with Gasteiger partial charge in [0.15, 0.2) is 0 Å². The van der Waals surface area contributed by atoms with Crippen molar-refractivity contribution in [2.24, 2.45) is 11.8 Å². The first-order valence-electron chi connectivity index (χ1n) is 6.38. The van der Waals surface area contributed by atoms with Crippen molar-refractivity contribution in [3.8, 4) is 0 Å². The van der Waals surface area contributed by atoms with Gasteiger partial charge in [0.05, 0.1) is 0 Å². The van der Waals surface area contributed by atoms with Crippen LogP contribution in [0.15, 0.2) is 0 Å². The van der Waals surface area contributed by atoms with Gasteiger partial charge in [-0.05, 0) is 44.8 Å². The molecule has 1 nitrogen and oxygen atoms in total. The highest BCUT2D eigenvalue weighted by Gasteiger charge is 2.18. The fourth-order valence-corrected chi connectivity index (χ4v) is 1.70. The molecule has 0 aromatic rings. The van der Waals surface area contributed by atoms with Gasteiger partial charge in [-0.1, -0.05) is 41.5 Å². The molecule has 1 aliphatic rings. The fraction of sp³-hybridized carbons (Fsp3) is 1.00. The number of hydrogen-bond acceptors (Lipinski definition) is 1. The maximum Gasteiger partial charge on any atom is -0.00190 e. The van der Waals surface area contributed by atoms with Gasteiger partial charge < -0.3 is 4.90 Å². The van der Waals surface area contributed by atoms with Crippen molar-refractivity contribution in [3.63, 3.8) is 0 Å². The molecular weight excluding hydrogens is 170 g/mol. The van der Waals surface area contributed by atoms with Gasteiger partial charge in [0.25, 0.3) is 0 Å². The first-order valence-corrected chi connectivity index (χ1v) is 6.38. The zero-order valence-electron chi connectivity index (χ0n) is 11.4. The molecule has 0 amide bonds. The number of hydrogen-bond donors (Lipinski definition) is 0. The van der Waals surface area contributed by atoms with E-state index in [1.165, 1.54) is 25.9 Å². The lowest BCUT2D eigenvalue weighted by atomic mass is 9.87. The van der Waals surface area contributed by atoms with Crippen molar-refractivity contribution in [2.45, 2.75) is 54.4 Å². The summed E-state index contributed by atoms with van der Waals surface area (Å²) in [6.45, 7) is 15.3. The van der Waals surface area contributed by atoms with E-state index in [1.807, 2.05) is 27.7 Å². The monoisotopic (exact) mass is 201 g/mol. The second-order valence-corrected chi connectivity index (χ2v) is 3.88. The van der Waals surface area contributed by atoms with Crippen molar-refractivity contribution in [3.05, 3.63) is 0 Å². The van der Waals surface area contributed by atoms with E-state index in [9.17, 15) is 0 Å². The lowest BCUT2D eigenvalue weighted by molar-refractivity contribution is 0.185. The molecule has 0 radical (unpaired) electrons. The molecule has 0 aromatic carbocycles. The van der Waals surface area contributed by atoms with Crippen LogP contribution in [0.5, 0.6) is 0 Å². The molecule has 0 saturated carbocycles. The molecule has 1 heterocycles. The van der Waals surface area contributed by atoms with Crippen LogP contribution in [0.3, 0.4) is 0 Å². The topological polar surface area (TPSA) is 3.24 Å². The van der Waals surface area contributed by atoms with Gasteiger partial charge in [-0.15, -0.1) is 0 Å². The molecule has 14 heavy (non-hydrogen) atoms. The molecule has 0 bridgehead atoms. The van der Waals surface area contributed by atoms with Gasteiger partial charge in [0.2, 0.25) is 0 Å². The highest BCUT2D eigenvalue weighted by molar-refractivity contribution is 4.71. The van der Waals surface area contributed by atoms with Crippen LogP contribution in [0.2, 0.25) is 0 Å². The van der Waals surface area contributed by atoms with E-state index in [1.54, 1.807) is 0 Å². The van der Waals surface area contributed by atoms with Crippen LogP contribution < -0.4 is 0 Å². The van der Waals surface area contributed by atoms with Crippen LogP contribution in [0, 0.1) is 11.8 Å². The van der Waals surface area contributed by atoms with Crippen LogP contribution in [-0.2, 0) is 0 Å². The first kappa shape index (κ1) is 16.4. The summed E-state index contributed by atoms with van der Waals surface area (Å²) in [7, 11) is 2.22. The molecule has 0 atom stereocenters. The van der Waals surface area contributed by atoms with Crippen LogP contribution >= 0.6 is 0 Å². The smallest absolute Gasteiger partial charge is 0.00190 e. The third-order valence-electron chi connectivity index (χ3n) is 2.71. The highest BCUT2D eigenvalue weighted by Crippen LogP contribution is 2.23. The van der Waals surface area contributed by atoms with Crippen LogP contribution in [0.25, 0.3) is 0 Å². The normalized spacial score (nSPS) is 18.0. The van der Waals surface area contributed by atoms with Gasteiger partial charge in [0.1, 0.15) is 0 Å². The molecule has 0 aliphatic carbocycles. The SMILES string of the molecule is CC.CC.CC(C)C1CCN(C)CC1. The molecule has 88 valence electrons. The zero-order valence-corrected chi connectivity index (χ0v) is 11.4. The Morgan fingerprint density at radius 2 is 1.29 bits per heavy atom.